The molecule has 0 aromatic carbocycles. The van der Waals surface area contributed by atoms with Gasteiger partial charge in [-0.1, -0.05) is 0 Å². The highest BCUT2D eigenvalue weighted by molar-refractivity contribution is 5.76. The Bertz CT molecular complexity index is 303. The Balaban J connectivity index is 1.53. The zero-order valence-corrected chi connectivity index (χ0v) is 13.1. The molecule has 2 fully saturated rings. The van der Waals surface area contributed by atoms with Gasteiger partial charge in [-0.25, -0.2) is 0 Å². The fourth-order valence-electron chi connectivity index (χ4n) is 2.84. The summed E-state index contributed by atoms with van der Waals surface area (Å²) in [4.78, 5) is 14.2. The molecule has 1 amide bonds. The Morgan fingerprint density at radius 1 is 1.38 bits per heavy atom. The monoisotopic (exact) mass is 299 g/mol. The smallest absolute Gasteiger partial charge is 0.222 e. The summed E-state index contributed by atoms with van der Waals surface area (Å²) >= 11 is 0. The highest BCUT2D eigenvalue weighted by Crippen LogP contribution is 2.07. The van der Waals surface area contributed by atoms with Crippen molar-refractivity contribution >= 4 is 5.91 Å². The topological polar surface area (TPSA) is 62.8 Å². The van der Waals surface area contributed by atoms with Crippen LogP contribution in [0.3, 0.4) is 0 Å². The van der Waals surface area contributed by atoms with Gasteiger partial charge in [0.05, 0.1) is 25.9 Å². The first-order valence-electron chi connectivity index (χ1n) is 8.16. The molecular weight excluding hydrogens is 270 g/mol. The van der Waals surface area contributed by atoms with Crippen molar-refractivity contribution in [3.63, 3.8) is 0 Å². The van der Waals surface area contributed by atoms with Crippen molar-refractivity contribution in [2.75, 3.05) is 52.5 Å². The first-order chi connectivity index (χ1) is 10.2. The Morgan fingerprint density at radius 3 is 2.81 bits per heavy atom. The third-order valence-electron chi connectivity index (χ3n) is 4.01. The van der Waals surface area contributed by atoms with Gasteiger partial charge < -0.3 is 20.1 Å². The molecule has 0 aliphatic carbocycles. The van der Waals surface area contributed by atoms with Gasteiger partial charge in [0, 0.05) is 32.1 Å². The van der Waals surface area contributed by atoms with E-state index in [9.17, 15) is 4.79 Å². The number of ether oxygens (including phenoxy) is 2. The van der Waals surface area contributed by atoms with Crippen LogP contribution in [0.4, 0.5) is 0 Å². The number of nitrogens with one attached hydrogen (secondary N) is 2. The molecule has 0 spiro atoms. The lowest BCUT2D eigenvalue weighted by Gasteiger charge is -2.29. The van der Waals surface area contributed by atoms with Crippen LogP contribution in [0.2, 0.25) is 0 Å². The van der Waals surface area contributed by atoms with E-state index in [2.05, 4.69) is 22.5 Å². The lowest BCUT2D eigenvalue weighted by atomic mass is 10.1. The van der Waals surface area contributed by atoms with Crippen molar-refractivity contribution in [1.29, 1.82) is 0 Å². The van der Waals surface area contributed by atoms with Crippen LogP contribution >= 0.6 is 0 Å². The van der Waals surface area contributed by atoms with Crippen molar-refractivity contribution in [3.05, 3.63) is 0 Å². The number of hydrogen-bond acceptors (Lipinski definition) is 5. The molecule has 2 N–H and O–H groups in total. The first-order valence-corrected chi connectivity index (χ1v) is 8.16. The van der Waals surface area contributed by atoms with Crippen LogP contribution in [0.1, 0.15) is 26.2 Å². The summed E-state index contributed by atoms with van der Waals surface area (Å²) in [5.74, 6) is 0.0877. The van der Waals surface area contributed by atoms with Gasteiger partial charge in [-0.2, -0.15) is 0 Å². The van der Waals surface area contributed by atoms with Crippen molar-refractivity contribution in [3.8, 4) is 0 Å². The normalized spacial score (nSPS) is 22.9. The largest absolute Gasteiger partial charge is 0.379 e. The average Bonchev–Trinajstić information content (AvgIpc) is 2.49. The van der Waals surface area contributed by atoms with Gasteiger partial charge in [-0.15, -0.1) is 0 Å². The predicted octanol–water partition coefficient (Wildman–Crippen LogP) is -0.0180. The maximum absolute atomic E-state index is 11.9. The van der Waals surface area contributed by atoms with E-state index in [1.807, 2.05) is 0 Å². The van der Waals surface area contributed by atoms with Crippen LogP contribution in [0.25, 0.3) is 0 Å². The summed E-state index contributed by atoms with van der Waals surface area (Å²) < 4.78 is 11.1. The van der Waals surface area contributed by atoms with Crippen LogP contribution in [-0.2, 0) is 14.3 Å². The second-order valence-corrected chi connectivity index (χ2v) is 5.95. The first kappa shape index (κ1) is 16.7. The molecule has 6 nitrogen and oxygen atoms in total. The van der Waals surface area contributed by atoms with Crippen LogP contribution in [0, 0.1) is 0 Å². The van der Waals surface area contributed by atoms with Crippen molar-refractivity contribution in [2.24, 2.45) is 0 Å². The second-order valence-electron chi connectivity index (χ2n) is 5.95. The van der Waals surface area contributed by atoms with Gasteiger partial charge in [0.15, 0.2) is 0 Å². The molecule has 0 aromatic rings. The third kappa shape index (κ3) is 6.74. The van der Waals surface area contributed by atoms with Gasteiger partial charge in [-0.05, 0) is 32.9 Å². The van der Waals surface area contributed by atoms with Gasteiger partial charge in [0.25, 0.3) is 0 Å². The molecule has 0 saturated carbocycles. The van der Waals surface area contributed by atoms with E-state index < -0.39 is 0 Å². The number of rotatable bonds is 7. The molecule has 0 aromatic heterocycles. The summed E-state index contributed by atoms with van der Waals surface area (Å²) in [7, 11) is 0. The number of piperidine rings is 1. The molecule has 2 heterocycles. The quantitative estimate of drug-likeness (QED) is 0.692. The van der Waals surface area contributed by atoms with Gasteiger partial charge in [-0.3, -0.25) is 9.69 Å². The second kappa shape index (κ2) is 9.35. The zero-order valence-electron chi connectivity index (χ0n) is 13.1. The Kier molecular flexibility index (Phi) is 7.43. The van der Waals surface area contributed by atoms with E-state index in [1.165, 1.54) is 0 Å². The Morgan fingerprint density at radius 2 is 2.10 bits per heavy atom. The molecule has 2 rings (SSSR count). The maximum atomic E-state index is 11.9. The van der Waals surface area contributed by atoms with Crippen molar-refractivity contribution in [1.82, 2.24) is 15.5 Å². The molecule has 21 heavy (non-hydrogen) atoms. The average molecular weight is 299 g/mol. The van der Waals surface area contributed by atoms with E-state index in [0.717, 1.165) is 58.8 Å². The SMILES string of the molecule is CC(CN1CCOCC1)NC(=O)CCOC1CCNCC1. The summed E-state index contributed by atoms with van der Waals surface area (Å²) in [6, 6.07) is 0.175. The van der Waals surface area contributed by atoms with Crippen LogP contribution in [0.15, 0.2) is 0 Å². The number of carbonyl (C=O) groups is 1. The zero-order chi connectivity index (χ0) is 14.9. The van der Waals surface area contributed by atoms with E-state index in [4.69, 9.17) is 9.47 Å². The highest BCUT2D eigenvalue weighted by Gasteiger charge is 2.16. The van der Waals surface area contributed by atoms with Crippen molar-refractivity contribution in [2.45, 2.75) is 38.3 Å². The molecule has 0 radical (unpaired) electrons. The summed E-state index contributed by atoms with van der Waals surface area (Å²) in [6.07, 6.45) is 2.88. The maximum Gasteiger partial charge on any atom is 0.222 e. The minimum Gasteiger partial charge on any atom is -0.379 e. The summed E-state index contributed by atoms with van der Waals surface area (Å²) in [5, 5.41) is 6.36. The van der Waals surface area contributed by atoms with E-state index in [-0.39, 0.29) is 11.9 Å². The molecule has 2 aliphatic rings. The lowest BCUT2D eigenvalue weighted by Crippen LogP contribution is -2.46. The Labute approximate surface area is 127 Å². The summed E-state index contributed by atoms with van der Waals surface area (Å²) in [5.41, 5.74) is 0. The number of morpholine rings is 1. The number of carbonyl (C=O) groups excluding carboxylic acids is 1. The summed E-state index contributed by atoms with van der Waals surface area (Å²) in [6.45, 7) is 9.03. The van der Waals surface area contributed by atoms with Gasteiger partial charge >= 0.3 is 0 Å². The van der Waals surface area contributed by atoms with Crippen LogP contribution in [-0.4, -0.2) is 75.5 Å². The van der Waals surface area contributed by atoms with E-state index in [1.54, 1.807) is 0 Å². The third-order valence-corrected chi connectivity index (χ3v) is 4.01. The fraction of sp³-hybridized carbons (Fsp3) is 0.933. The van der Waals surface area contributed by atoms with Crippen LogP contribution < -0.4 is 10.6 Å². The number of amides is 1. The molecule has 0 bridgehead atoms. The molecule has 122 valence electrons. The Hall–Kier alpha value is -0.690. The lowest BCUT2D eigenvalue weighted by molar-refractivity contribution is -0.123. The molecule has 2 aliphatic heterocycles. The van der Waals surface area contributed by atoms with E-state index >= 15 is 0 Å². The fourth-order valence-corrected chi connectivity index (χ4v) is 2.84. The molecule has 6 heteroatoms. The van der Waals surface area contributed by atoms with Crippen molar-refractivity contribution < 1.29 is 14.3 Å². The van der Waals surface area contributed by atoms with E-state index in [0.29, 0.717) is 19.1 Å². The molecule has 2 saturated heterocycles. The molecule has 1 atom stereocenters. The van der Waals surface area contributed by atoms with Gasteiger partial charge in [0.2, 0.25) is 5.91 Å². The minimum atomic E-state index is 0.0877. The highest BCUT2D eigenvalue weighted by atomic mass is 16.5. The van der Waals surface area contributed by atoms with Gasteiger partial charge in [0.1, 0.15) is 0 Å². The standard InChI is InChI=1S/C15H29N3O3/c1-13(12-18-7-10-20-11-8-18)17-15(19)4-9-21-14-2-5-16-6-3-14/h13-14,16H,2-12H2,1H3,(H,17,19). The number of nitrogens with zero attached hydrogens (tertiary/aromatic N) is 1. The van der Waals surface area contributed by atoms with Crippen LogP contribution in [0.5, 0.6) is 0 Å². The predicted molar refractivity (Wildman–Crippen MR) is 81.3 cm³/mol. The minimum absolute atomic E-state index is 0.0877. The molecular formula is C15H29N3O3. The molecule has 1 unspecified atom stereocenters. The number of hydrogen-bond donors (Lipinski definition) is 2.